The Labute approximate surface area is 176 Å². The number of carbonyl (C=O) groups is 2. The summed E-state index contributed by atoms with van der Waals surface area (Å²) in [6, 6.07) is 26.2. The molecule has 0 radical (unpaired) electrons. The Morgan fingerprint density at radius 2 is 1.43 bits per heavy atom. The van der Waals surface area contributed by atoms with E-state index < -0.39 is 12.1 Å². The Hall–Kier alpha value is -3.60. The SMILES string of the molecule is C[C@@H](Oc1ccc(C(=O)NCCc2ccccc2)cc1)C(=O)OCc1ccccc1. The number of amides is 1. The molecule has 0 aromatic heterocycles. The highest BCUT2D eigenvalue weighted by atomic mass is 16.6. The second-order valence-electron chi connectivity index (χ2n) is 6.87. The molecule has 30 heavy (non-hydrogen) atoms. The molecule has 3 rings (SSSR count). The molecule has 0 aliphatic rings. The van der Waals surface area contributed by atoms with E-state index in [4.69, 9.17) is 9.47 Å². The van der Waals surface area contributed by atoms with Gasteiger partial charge in [-0.05, 0) is 48.7 Å². The second-order valence-corrected chi connectivity index (χ2v) is 6.87. The highest BCUT2D eigenvalue weighted by Crippen LogP contribution is 2.15. The van der Waals surface area contributed by atoms with Gasteiger partial charge in [0.2, 0.25) is 0 Å². The molecule has 3 aromatic carbocycles. The number of hydrogen-bond acceptors (Lipinski definition) is 4. The summed E-state index contributed by atoms with van der Waals surface area (Å²) >= 11 is 0. The molecule has 0 aliphatic carbocycles. The molecule has 0 aliphatic heterocycles. The van der Waals surface area contributed by atoms with Crippen molar-refractivity contribution < 1.29 is 19.1 Å². The van der Waals surface area contributed by atoms with E-state index in [1.165, 1.54) is 5.56 Å². The van der Waals surface area contributed by atoms with E-state index in [0.29, 0.717) is 17.9 Å². The summed E-state index contributed by atoms with van der Waals surface area (Å²) in [5.74, 6) is -0.0885. The second kappa shape index (κ2) is 10.8. The third-order valence-electron chi connectivity index (χ3n) is 4.53. The number of carbonyl (C=O) groups excluding carboxylic acids is 2. The predicted molar refractivity (Wildman–Crippen MR) is 115 cm³/mol. The maximum absolute atomic E-state index is 12.3. The van der Waals surface area contributed by atoms with Gasteiger partial charge in [0.05, 0.1) is 0 Å². The Morgan fingerprint density at radius 3 is 2.07 bits per heavy atom. The van der Waals surface area contributed by atoms with E-state index in [0.717, 1.165) is 12.0 Å². The van der Waals surface area contributed by atoms with Crippen molar-refractivity contribution in [1.29, 1.82) is 0 Å². The molecular weight excluding hydrogens is 378 g/mol. The lowest BCUT2D eigenvalue weighted by atomic mass is 10.1. The molecule has 154 valence electrons. The number of nitrogens with one attached hydrogen (secondary N) is 1. The molecule has 0 fully saturated rings. The van der Waals surface area contributed by atoms with E-state index in [2.05, 4.69) is 5.32 Å². The van der Waals surface area contributed by atoms with E-state index in [1.807, 2.05) is 60.7 Å². The van der Waals surface area contributed by atoms with Gasteiger partial charge in [0.15, 0.2) is 6.10 Å². The molecule has 1 N–H and O–H groups in total. The van der Waals surface area contributed by atoms with Gasteiger partial charge < -0.3 is 14.8 Å². The van der Waals surface area contributed by atoms with Gasteiger partial charge in [-0.25, -0.2) is 4.79 Å². The summed E-state index contributed by atoms with van der Waals surface area (Å²) in [4.78, 5) is 24.4. The summed E-state index contributed by atoms with van der Waals surface area (Å²) in [5.41, 5.74) is 2.63. The third-order valence-corrected chi connectivity index (χ3v) is 4.53. The van der Waals surface area contributed by atoms with Gasteiger partial charge in [-0.1, -0.05) is 60.7 Å². The standard InChI is InChI=1S/C25H25NO4/c1-19(25(28)29-18-21-10-6-3-7-11-21)30-23-14-12-22(13-15-23)24(27)26-17-16-20-8-4-2-5-9-20/h2-15,19H,16-18H2,1H3,(H,26,27)/t19-/m1/s1. The van der Waals surface area contributed by atoms with Crippen molar-refractivity contribution in [2.24, 2.45) is 0 Å². The fourth-order valence-electron chi connectivity index (χ4n) is 2.85. The van der Waals surface area contributed by atoms with Crippen molar-refractivity contribution in [3.05, 3.63) is 102 Å². The number of rotatable bonds is 9. The average Bonchev–Trinajstić information content (AvgIpc) is 2.79. The normalized spacial score (nSPS) is 11.4. The molecule has 0 unspecified atom stereocenters. The summed E-state index contributed by atoms with van der Waals surface area (Å²) in [6.45, 7) is 2.40. The van der Waals surface area contributed by atoms with Crippen LogP contribution in [0, 0.1) is 0 Å². The first-order chi connectivity index (χ1) is 14.6. The van der Waals surface area contributed by atoms with Gasteiger partial charge in [0.1, 0.15) is 12.4 Å². The van der Waals surface area contributed by atoms with E-state index in [1.54, 1.807) is 31.2 Å². The zero-order valence-corrected chi connectivity index (χ0v) is 16.9. The van der Waals surface area contributed by atoms with E-state index in [-0.39, 0.29) is 12.5 Å². The first-order valence-electron chi connectivity index (χ1n) is 9.91. The van der Waals surface area contributed by atoms with Crippen LogP contribution in [0.4, 0.5) is 0 Å². The fraction of sp³-hybridized carbons (Fsp3) is 0.200. The van der Waals surface area contributed by atoms with Crippen LogP contribution in [-0.2, 0) is 22.6 Å². The average molecular weight is 403 g/mol. The Kier molecular flexibility index (Phi) is 7.61. The molecule has 5 heteroatoms. The van der Waals surface area contributed by atoms with Crippen molar-refractivity contribution in [3.63, 3.8) is 0 Å². The van der Waals surface area contributed by atoms with Gasteiger partial charge in [0.25, 0.3) is 5.91 Å². The van der Waals surface area contributed by atoms with Crippen LogP contribution in [0.25, 0.3) is 0 Å². The molecule has 0 bridgehead atoms. The monoisotopic (exact) mass is 403 g/mol. The summed E-state index contributed by atoms with van der Waals surface area (Å²) in [5, 5.41) is 2.90. The molecule has 0 spiro atoms. The van der Waals surface area contributed by atoms with E-state index >= 15 is 0 Å². The summed E-state index contributed by atoms with van der Waals surface area (Å²) in [7, 11) is 0. The van der Waals surface area contributed by atoms with Crippen LogP contribution in [0.2, 0.25) is 0 Å². The smallest absolute Gasteiger partial charge is 0.347 e. The number of benzene rings is 3. The number of esters is 1. The topological polar surface area (TPSA) is 64.6 Å². The zero-order valence-electron chi connectivity index (χ0n) is 16.9. The quantitative estimate of drug-likeness (QED) is 0.545. The molecule has 0 saturated heterocycles. The lowest BCUT2D eigenvalue weighted by Crippen LogP contribution is -2.26. The van der Waals surface area contributed by atoms with Gasteiger partial charge >= 0.3 is 5.97 Å². The molecule has 1 atom stereocenters. The minimum absolute atomic E-state index is 0.146. The summed E-state index contributed by atoms with van der Waals surface area (Å²) < 4.78 is 10.9. The van der Waals surface area contributed by atoms with Crippen molar-refractivity contribution in [2.75, 3.05) is 6.54 Å². The van der Waals surface area contributed by atoms with Gasteiger partial charge in [-0.3, -0.25) is 4.79 Å². The van der Waals surface area contributed by atoms with Crippen molar-refractivity contribution in [1.82, 2.24) is 5.32 Å². The first kappa shape index (κ1) is 21.1. The third kappa shape index (κ3) is 6.48. The van der Waals surface area contributed by atoms with Crippen LogP contribution in [-0.4, -0.2) is 24.5 Å². The van der Waals surface area contributed by atoms with Crippen LogP contribution in [0.1, 0.15) is 28.4 Å². The first-order valence-corrected chi connectivity index (χ1v) is 9.91. The Bertz CT molecular complexity index is 940. The Balaban J connectivity index is 1.43. The lowest BCUT2D eigenvalue weighted by molar-refractivity contribution is -0.152. The predicted octanol–water partition coefficient (Wildman–Crippen LogP) is 4.17. The maximum Gasteiger partial charge on any atom is 0.347 e. The zero-order chi connectivity index (χ0) is 21.2. The van der Waals surface area contributed by atoms with Crippen molar-refractivity contribution in [2.45, 2.75) is 26.1 Å². The molecular formula is C25H25NO4. The largest absolute Gasteiger partial charge is 0.479 e. The lowest BCUT2D eigenvalue weighted by Gasteiger charge is -2.14. The molecule has 5 nitrogen and oxygen atoms in total. The summed E-state index contributed by atoms with van der Waals surface area (Å²) in [6.07, 6.45) is 0.0235. The molecule has 0 heterocycles. The molecule has 3 aromatic rings. The van der Waals surface area contributed by atoms with Crippen molar-refractivity contribution >= 4 is 11.9 Å². The van der Waals surface area contributed by atoms with Gasteiger partial charge in [-0.2, -0.15) is 0 Å². The van der Waals surface area contributed by atoms with Crippen LogP contribution >= 0.6 is 0 Å². The molecule has 0 saturated carbocycles. The molecule has 1 amide bonds. The van der Waals surface area contributed by atoms with E-state index in [9.17, 15) is 9.59 Å². The van der Waals surface area contributed by atoms with Crippen LogP contribution in [0.15, 0.2) is 84.9 Å². The van der Waals surface area contributed by atoms with Gasteiger partial charge in [0, 0.05) is 12.1 Å². The minimum atomic E-state index is -0.751. The maximum atomic E-state index is 12.3. The number of hydrogen-bond donors (Lipinski definition) is 1. The number of ether oxygens (including phenoxy) is 2. The fourth-order valence-corrected chi connectivity index (χ4v) is 2.85. The van der Waals surface area contributed by atoms with Crippen molar-refractivity contribution in [3.8, 4) is 5.75 Å². The van der Waals surface area contributed by atoms with Crippen LogP contribution in [0.3, 0.4) is 0 Å². The minimum Gasteiger partial charge on any atom is -0.479 e. The van der Waals surface area contributed by atoms with Crippen LogP contribution < -0.4 is 10.1 Å². The highest BCUT2D eigenvalue weighted by molar-refractivity contribution is 5.94. The van der Waals surface area contributed by atoms with Crippen LogP contribution in [0.5, 0.6) is 5.75 Å². The van der Waals surface area contributed by atoms with Gasteiger partial charge in [-0.15, -0.1) is 0 Å². The highest BCUT2D eigenvalue weighted by Gasteiger charge is 2.16. The Morgan fingerprint density at radius 1 is 0.833 bits per heavy atom.